The molecular formula is C19H29FO2. The molecule has 4 aliphatic rings. The molecule has 3 heteroatoms. The molecule has 0 aromatic rings. The zero-order valence-electron chi connectivity index (χ0n) is 13.9. The van der Waals surface area contributed by atoms with E-state index in [9.17, 15) is 14.3 Å². The smallest absolute Gasteiger partial charge is 0.133 e. The summed E-state index contributed by atoms with van der Waals surface area (Å²) in [6.45, 7) is 4.50. The summed E-state index contributed by atoms with van der Waals surface area (Å²) in [5, 5.41) is 10.4. The van der Waals surface area contributed by atoms with E-state index in [1.165, 1.54) is 0 Å². The monoisotopic (exact) mass is 307 g/mol. The van der Waals surface area contributed by atoms with Gasteiger partial charge >= 0.3 is 0 Å². The van der Waals surface area contributed by atoms with Crippen LogP contribution in [0.4, 0.5) is 4.39 Å². The molecule has 0 radical (unpaired) electrons. The van der Waals surface area contributed by atoms with Gasteiger partial charge in [0, 0.05) is 25.2 Å². The van der Waals surface area contributed by atoms with Crippen LogP contribution in [0.2, 0.25) is 0 Å². The van der Waals surface area contributed by atoms with E-state index in [4.69, 9.17) is 0 Å². The maximum atomic E-state index is 14.7. The van der Waals surface area contributed by atoms with Crippen LogP contribution in [0.3, 0.4) is 0 Å². The number of hydrogen-bond acceptors (Lipinski definition) is 2. The summed E-state index contributed by atoms with van der Waals surface area (Å²) in [6.07, 6.45) is 5.72. The van der Waals surface area contributed by atoms with Crippen molar-refractivity contribution < 1.29 is 14.3 Å². The van der Waals surface area contributed by atoms with Crippen molar-refractivity contribution in [3.05, 3.63) is 0 Å². The highest BCUT2D eigenvalue weighted by Gasteiger charge is 2.63. The third-order valence-electron chi connectivity index (χ3n) is 8.38. The quantitative estimate of drug-likeness (QED) is 0.737. The van der Waals surface area contributed by atoms with Crippen molar-refractivity contribution in [2.24, 2.45) is 34.5 Å². The van der Waals surface area contributed by atoms with E-state index in [1.54, 1.807) is 0 Å². The van der Waals surface area contributed by atoms with Gasteiger partial charge in [-0.3, -0.25) is 4.79 Å². The van der Waals surface area contributed by atoms with Gasteiger partial charge in [0.25, 0.3) is 0 Å². The molecule has 1 N–H and O–H groups in total. The number of ketones is 1. The van der Waals surface area contributed by atoms with Gasteiger partial charge in [-0.2, -0.15) is 0 Å². The number of carbonyl (C=O) groups is 1. The third-order valence-corrected chi connectivity index (χ3v) is 8.38. The summed E-state index contributed by atoms with van der Waals surface area (Å²) in [7, 11) is 0. The first-order valence-corrected chi connectivity index (χ1v) is 9.20. The molecule has 22 heavy (non-hydrogen) atoms. The summed E-state index contributed by atoms with van der Waals surface area (Å²) in [5.74, 6) is 1.96. The van der Waals surface area contributed by atoms with Crippen LogP contribution in [0.15, 0.2) is 0 Å². The number of rotatable bonds is 0. The lowest BCUT2D eigenvalue weighted by Crippen LogP contribution is -2.55. The second-order valence-corrected chi connectivity index (χ2v) is 9.13. The van der Waals surface area contributed by atoms with Gasteiger partial charge in [0.2, 0.25) is 0 Å². The molecule has 0 heterocycles. The fourth-order valence-electron chi connectivity index (χ4n) is 7.02. The summed E-state index contributed by atoms with van der Waals surface area (Å²) < 4.78 is 14.7. The number of carbonyl (C=O) groups excluding carboxylic acids is 1. The highest BCUT2D eigenvalue weighted by atomic mass is 18.2. The molecule has 4 fully saturated rings. The molecule has 0 amide bonds. The molecule has 0 saturated heterocycles. The number of aliphatic hydroxyl groups excluding tert-OH is 1. The highest BCUT2D eigenvalue weighted by Crippen LogP contribution is 2.66. The normalized spacial score (nSPS) is 57.9. The zero-order valence-corrected chi connectivity index (χ0v) is 13.9. The van der Waals surface area contributed by atoms with Gasteiger partial charge in [0.15, 0.2) is 0 Å². The van der Waals surface area contributed by atoms with Crippen molar-refractivity contribution >= 4 is 5.78 Å². The molecule has 0 spiro atoms. The summed E-state index contributed by atoms with van der Waals surface area (Å²) in [6, 6.07) is 0. The minimum Gasteiger partial charge on any atom is -0.392 e. The molecule has 124 valence electrons. The van der Waals surface area contributed by atoms with Crippen LogP contribution in [0, 0.1) is 34.5 Å². The average molecular weight is 307 g/mol. The van der Waals surface area contributed by atoms with Crippen molar-refractivity contribution in [1.82, 2.24) is 0 Å². The van der Waals surface area contributed by atoms with Crippen molar-refractivity contribution in [3.63, 3.8) is 0 Å². The third kappa shape index (κ3) is 1.84. The Morgan fingerprint density at radius 2 is 1.91 bits per heavy atom. The summed E-state index contributed by atoms with van der Waals surface area (Å²) in [5.41, 5.74) is 0.0136. The van der Waals surface area contributed by atoms with Crippen molar-refractivity contribution in [2.45, 2.75) is 77.5 Å². The molecule has 4 aliphatic carbocycles. The van der Waals surface area contributed by atoms with Crippen molar-refractivity contribution in [1.29, 1.82) is 0 Å². The molecule has 1 unspecified atom stereocenters. The van der Waals surface area contributed by atoms with Gasteiger partial charge in [-0.25, -0.2) is 4.39 Å². The maximum absolute atomic E-state index is 14.7. The Bertz CT molecular complexity index is 492. The number of fused-ring (bicyclic) bond motifs is 5. The fraction of sp³-hybridized carbons (Fsp3) is 0.947. The van der Waals surface area contributed by atoms with Crippen LogP contribution in [0.1, 0.15) is 65.2 Å². The van der Waals surface area contributed by atoms with Gasteiger partial charge in [0.05, 0.1) is 6.10 Å². The van der Waals surface area contributed by atoms with E-state index in [1.807, 2.05) is 0 Å². The standard InChI is InChI=1S/C19H29FO2/c1-18-7-5-12(21)9-11(18)3-4-13-14(18)6-8-19(2)16(22)10-15(20)17(13)19/h11,13-17,22H,3-10H2,1-2H3/t11-,13+,14-,15?,16-,17+,18-,19+/m0/s1/i20-1. The van der Waals surface area contributed by atoms with Gasteiger partial charge < -0.3 is 5.11 Å². The second kappa shape index (κ2) is 4.78. The number of Topliss-reactive ketones (excluding diaryl/α,β-unsaturated/α-hetero) is 1. The number of hydrogen-bond donors (Lipinski definition) is 1. The zero-order chi connectivity index (χ0) is 15.7. The first-order chi connectivity index (χ1) is 10.4. The highest BCUT2D eigenvalue weighted by molar-refractivity contribution is 5.79. The Balaban J connectivity index is 1.66. The van der Waals surface area contributed by atoms with Gasteiger partial charge in [0.1, 0.15) is 12.0 Å². The SMILES string of the molecule is C[C@]12CCC(=O)C[C@@H]1CC[C@@H]1[C@@H]2CC[C@]2(C)[C@@H](O)CC([18F])[C@@H]12. The molecule has 0 aromatic carbocycles. The van der Waals surface area contributed by atoms with E-state index in [0.717, 1.165) is 44.9 Å². The molecule has 2 nitrogen and oxygen atoms in total. The van der Waals surface area contributed by atoms with E-state index in [0.29, 0.717) is 30.0 Å². The fourth-order valence-corrected chi connectivity index (χ4v) is 7.02. The second-order valence-electron chi connectivity index (χ2n) is 9.13. The maximum Gasteiger partial charge on any atom is 0.133 e. The Morgan fingerprint density at radius 3 is 2.68 bits per heavy atom. The lowest BCUT2D eigenvalue weighted by Gasteiger charge is -2.60. The van der Waals surface area contributed by atoms with Crippen LogP contribution in [-0.2, 0) is 4.79 Å². The predicted molar refractivity (Wildman–Crippen MR) is 83.0 cm³/mol. The molecule has 8 atom stereocenters. The van der Waals surface area contributed by atoms with E-state index in [2.05, 4.69) is 13.8 Å². The predicted octanol–water partition coefficient (Wildman–Crippen LogP) is 3.91. The first kappa shape index (κ1) is 15.1. The van der Waals surface area contributed by atoms with Gasteiger partial charge in [-0.15, -0.1) is 0 Å². The summed E-state index contributed by atoms with van der Waals surface area (Å²) >= 11 is 0. The number of aliphatic hydroxyl groups is 1. The molecule has 0 bridgehead atoms. The van der Waals surface area contributed by atoms with E-state index in [-0.39, 0.29) is 16.7 Å². The van der Waals surface area contributed by atoms with Crippen LogP contribution in [-0.4, -0.2) is 23.2 Å². The molecule has 4 saturated carbocycles. The summed E-state index contributed by atoms with van der Waals surface area (Å²) in [4.78, 5) is 11.9. The van der Waals surface area contributed by atoms with Gasteiger partial charge in [-0.1, -0.05) is 13.8 Å². The van der Waals surface area contributed by atoms with E-state index < -0.39 is 12.3 Å². The largest absolute Gasteiger partial charge is 0.392 e. The van der Waals surface area contributed by atoms with Crippen molar-refractivity contribution in [2.75, 3.05) is 0 Å². The Kier molecular flexibility index (Phi) is 3.28. The number of halogens is 1. The molecule has 4 rings (SSSR count). The Hall–Kier alpha value is -0.440. The lowest BCUT2D eigenvalue weighted by atomic mass is 9.45. The topological polar surface area (TPSA) is 37.3 Å². The van der Waals surface area contributed by atoms with Crippen LogP contribution in [0.5, 0.6) is 0 Å². The first-order valence-electron chi connectivity index (χ1n) is 9.20. The van der Waals surface area contributed by atoms with Crippen molar-refractivity contribution in [3.8, 4) is 0 Å². The molecule has 0 aromatic heterocycles. The van der Waals surface area contributed by atoms with Crippen LogP contribution >= 0.6 is 0 Å². The number of alkyl halides is 1. The minimum atomic E-state index is -0.835. The van der Waals surface area contributed by atoms with Gasteiger partial charge in [-0.05, 0) is 60.7 Å². The minimum absolute atomic E-state index is 0.0386. The lowest BCUT2D eigenvalue weighted by molar-refractivity contribution is -0.145. The Morgan fingerprint density at radius 1 is 1.14 bits per heavy atom. The molecule has 0 aliphatic heterocycles. The Labute approximate surface area is 132 Å². The molecular weight excluding hydrogens is 278 g/mol. The van der Waals surface area contributed by atoms with E-state index >= 15 is 0 Å². The van der Waals surface area contributed by atoms with Crippen LogP contribution in [0.25, 0.3) is 0 Å². The average Bonchev–Trinajstić information content (AvgIpc) is 2.70. The van der Waals surface area contributed by atoms with Crippen LogP contribution < -0.4 is 0 Å².